The first kappa shape index (κ1) is 26.3. The standard InChI is InChI=1S/C28H22Cl2N2O8/c1-31-25(39)27(29)11-17-13(21(28(27,30)26(31)40)14-4-2-3-5-18(14)33)8-9-16-20(17)23(36)32(22(16)35)12-6-7-15(24(37)38)19(34)10-12/h2-8,10,16-17,20-21,33-34H,9,11H2,1H3,(H,37,38)/t16-,17+,20-,21+,27+,28-/m0/s1. The predicted octanol–water partition coefficient (Wildman–Crippen LogP) is 2.99. The third-order valence-corrected chi connectivity index (χ3v) is 10.1. The van der Waals surface area contributed by atoms with Gasteiger partial charge in [0.15, 0.2) is 9.75 Å². The van der Waals surface area contributed by atoms with E-state index in [4.69, 9.17) is 23.2 Å². The van der Waals surface area contributed by atoms with Crippen LogP contribution in [-0.4, -0.2) is 66.6 Å². The van der Waals surface area contributed by atoms with Crippen molar-refractivity contribution in [3.63, 3.8) is 0 Å². The number of halogens is 2. The Kier molecular flexibility index (Phi) is 5.63. The van der Waals surface area contributed by atoms with E-state index in [1.807, 2.05) is 0 Å². The lowest BCUT2D eigenvalue weighted by Crippen LogP contribution is -2.60. The molecule has 4 aliphatic rings. The van der Waals surface area contributed by atoms with Crippen LogP contribution in [0.1, 0.15) is 34.7 Å². The highest BCUT2D eigenvalue weighted by Gasteiger charge is 2.76. The lowest BCUT2D eigenvalue weighted by molar-refractivity contribution is -0.138. The van der Waals surface area contributed by atoms with Crippen molar-refractivity contribution in [1.82, 2.24) is 4.90 Å². The van der Waals surface area contributed by atoms with Crippen LogP contribution in [0.25, 0.3) is 0 Å². The number of carboxylic acids is 1. The fourth-order valence-corrected chi connectivity index (χ4v) is 7.93. The molecule has 6 atom stereocenters. The van der Waals surface area contributed by atoms with Crippen LogP contribution in [0.15, 0.2) is 54.1 Å². The summed E-state index contributed by atoms with van der Waals surface area (Å²) in [4.78, 5) is 63.5. The molecule has 0 spiro atoms. The number of carboxylic acid groups (broad SMARTS) is 1. The van der Waals surface area contributed by atoms with Crippen molar-refractivity contribution < 1.29 is 39.3 Å². The molecular weight excluding hydrogens is 563 g/mol. The summed E-state index contributed by atoms with van der Waals surface area (Å²) < 4.78 is 0. The molecule has 3 fully saturated rings. The Bertz CT molecular complexity index is 1590. The van der Waals surface area contributed by atoms with Crippen LogP contribution in [-0.2, 0) is 19.2 Å². The first-order chi connectivity index (χ1) is 18.8. The van der Waals surface area contributed by atoms with Crippen molar-refractivity contribution in [1.29, 1.82) is 0 Å². The van der Waals surface area contributed by atoms with Crippen LogP contribution < -0.4 is 4.90 Å². The topological polar surface area (TPSA) is 153 Å². The highest BCUT2D eigenvalue weighted by molar-refractivity contribution is 6.53. The Balaban J connectivity index is 1.49. The number of aromatic hydroxyl groups is 2. The summed E-state index contributed by atoms with van der Waals surface area (Å²) in [5.74, 6) is -8.47. The summed E-state index contributed by atoms with van der Waals surface area (Å²) in [5.41, 5.74) is 0.396. The lowest BCUT2D eigenvalue weighted by Gasteiger charge is -2.50. The second-order valence-electron chi connectivity index (χ2n) is 10.6. The van der Waals surface area contributed by atoms with E-state index in [0.29, 0.717) is 5.57 Å². The number of aromatic carboxylic acids is 1. The molecule has 2 saturated heterocycles. The maximum Gasteiger partial charge on any atom is 0.339 e. The number of rotatable bonds is 3. The third-order valence-electron chi connectivity index (χ3n) is 8.73. The highest BCUT2D eigenvalue weighted by Crippen LogP contribution is 2.66. The molecular formula is C28H22Cl2N2O8. The van der Waals surface area contributed by atoms with Crippen LogP contribution >= 0.6 is 23.2 Å². The first-order valence-corrected chi connectivity index (χ1v) is 13.2. The number of phenolic OH excluding ortho intramolecular Hbond substituents is 1. The second kappa shape index (κ2) is 8.55. The van der Waals surface area contributed by atoms with E-state index in [2.05, 4.69) is 0 Å². The predicted molar refractivity (Wildman–Crippen MR) is 141 cm³/mol. The van der Waals surface area contributed by atoms with Gasteiger partial charge >= 0.3 is 5.97 Å². The molecule has 4 amide bonds. The van der Waals surface area contributed by atoms with Gasteiger partial charge in [-0.25, -0.2) is 9.69 Å². The van der Waals surface area contributed by atoms with Crippen LogP contribution in [0.2, 0.25) is 0 Å². The summed E-state index contributed by atoms with van der Waals surface area (Å²) >= 11 is 14.1. The molecule has 206 valence electrons. The number of hydrogen-bond donors (Lipinski definition) is 3. The minimum atomic E-state index is -2.00. The van der Waals surface area contributed by atoms with Gasteiger partial charge in [-0.1, -0.05) is 29.8 Å². The summed E-state index contributed by atoms with van der Waals surface area (Å²) in [5, 5.41) is 30.2. The molecule has 0 bridgehead atoms. The normalized spacial score (nSPS) is 33.0. The van der Waals surface area contributed by atoms with Gasteiger partial charge in [0.2, 0.25) is 11.8 Å². The molecule has 0 unspecified atom stereocenters. The number of carbonyl (C=O) groups is 5. The number of para-hydroxylation sites is 1. The highest BCUT2D eigenvalue weighted by atomic mass is 35.5. The molecule has 2 aromatic rings. The van der Waals surface area contributed by atoms with Crippen molar-refractivity contribution in [2.75, 3.05) is 11.9 Å². The molecule has 12 heteroatoms. The maximum atomic E-state index is 13.9. The Hall–Kier alpha value is -3.89. The number of alkyl halides is 2. The first-order valence-electron chi connectivity index (χ1n) is 12.5. The van der Waals surface area contributed by atoms with Gasteiger partial charge in [-0.15, -0.1) is 23.2 Å². The van der Waals surface area contributed by atoms with Gasteiger partial charge in [-0.3, -0.25) is 24.1 Å². The molecule has 40 heavy (non-hydrogen) atoms. The molecule has 2 aromatic carbocycles. The van der Waals surface area contributed by atoms with Crippen LogP contribution in [0.3, 0.4) is 0 Å². The fraction of sp³-hybridized carbons (Fsp3) is 0.321. The number of carbonyl (C=O) groups excluding carboxylic acids is 4. The fourth-order valence-electron chi connectivity index (χ4n) is 6.92. The van der Waals surface area contributed by atoms with E-state index in [0.717, 1.165) is 21.9 Å². The van der Waals surface area contributed by atoms with Crippen LogP contribution in [0, 0.1) is 17.8 Å². The Morgan fingerprint density at radius 1 is 0.950 bits per heavy atom. The van der Waals surface area contributed by atoms with E-state index >= 15 is 0 Å². The Morgan fingerprint density at radius 3 is 2.30 bits per heavy atom. The SMILES string of the molecule is CN1C(=O)[C@]2(Cl)C[C@@H]3C(=CC[C@@H]4C(=O)N(c5ccc(C(=O)O)c(O)c5)C(=O)[C@@H]43)[C@H](c3ccccc3O)[C@]2(Cl)C1=O. The number of hydrogen-bond acceptors (Lipinski definition) is 7. The molecule has 2 heterocycles. The number of benzene rings is 2. The number of anilines is 1. The zero-order valence-electron chi connectivity index (χ0n) is 20.9. The van der Waals surface area contributed by atoms with E-state index < -0.39 is 74.3 Å². The number of amides is 4. The largest absolute Gasteiger partial charge is 0.508 e. The maximum absolute atomic E-state index is 13.9. The van der Waals surface area contributed by atoms with Crippen LogP contribution in [0.4, 0.5) is 5.69 Å². The second-order valence-corrected chi connectivity index (χ2v) is 11.8. The Morgan fingerprint density at radius 2 is 1.65 bits per heavy atom. The van der Waals surface area contributed by atoms with E-state index in [-0.39, 0.29) is 29.8 Å². The summed E-state index contributed by atoms with van der Waals surface area (Å²) in [6.07, 6.45) is 1.64. The summed E-state index contributed by atoms with van der Waals surface area (Å²) in [7, 11) is 1.28. The number of likely N-dealkylation sites (tertiary alicyclic amines) is 1. The summed E-state index contributed by atoms with van der Waals surface area (Å²) in [6, 6.07) is 9.64. The van der Waals surface area contributed by atoms with Gasteiger partial charge in [-0.05, 0) is 37.0 Å². The minimum Gasteiger partial charge on any atom is -0.508 e. The number of imide groups is 2. The Labute approximate surface area is 237 Å². The van der Waals surface area contributed by atoms with E-state index in [1.54, 1.807) is 24.3 Å². The molecule has 2 aliphatic carbocycles. The number of nitrogens with zero attached hydrogens (tertiary/aromatic N) is 2. The van der Waals surface area contributed by atoms with Crippen molar-refractivity contribution in [2.24, 2.45) is 17.8 Å². The zero-order chi connectivity index (χ0) is 28.9. The van der Waals surface area contributed by atoms with Gasteiger partial charge in [0.25, 0.3) is 11.8 Å². The smallest absolute Gasteiger partial charge is 0.339 e. The van der Waals surface area contributed by atoms with Crippen molar-refractivity contribution >= 4 is 58.5 Å². The van der Waals surface area contributed by atoms with E-state index in [9.17, 15) is 39.3 Å². The molecule has 1 saturated carbocycles. The number of phenols is 2. The monoisotopic (exact) mass is 584 g/mol. The van der Waals surface area contributed by atoms with Crippen molar-refractivity contribution in [2.45, 2.75) is 28.5 Å². The molecule has 6 rings (SSSR count). The van der Waals surface area contributed by atoms with E-state index in [1.165, 1.54) is 19.2 Å². The number of fused-ring (bicyclic) bond motifs is 4. The molecule has 3 N–H and O–H groups in total. The third kappa shape index (κ3) is 3.14. The van der Waals surface area contributed by atoms with Gasteiger partial charge in [0, 0.05) is 24.6 Å². The lowest BCUT2D eigenvalue weighted by atomic mass is 9.56. The van der Waals surface area contributed by atoms with Gasteiger partial charge in [-0.2, -0.15) is 0 Å². The quantitative estimate of drug-likeness (QED) is 0.283. The molecule has 0 aromatic heterocycles. The molecule has 10 nitrogen and oxygen atoms in total. The average Bonchev–Trinajstić information content (AvgIpc) is 3.24. The number of allylic oxidation sites excluding steroid dienone is 2. The van der Waals surface area contributed by atoms with Gasteiger partial charge < -0.3 is 15.3 Å². The zero-order valence-corrected chi connectivity index (χ0v) is 22.4. The summed E-state index contributed by atoms with van der Waals surface area (Å²) in [6.45, 7) is 0. The van der Waals surface area contributed by atoms with Crippen molar-refractivity contribution in [3.05, 3.63) is 65.2 Å². The average molecular weight is 585 g/mol. The van der Waals surface area contributed by atoms with Crippen LogP contribution in [0.5, 0.6) is 11.5 Å². The molecule has 2 aliphatic heterocycles. The van der Waals surface area contributed by atoms with Gasteiger partial charge in [0.1, 0.15) is 17.1 Å². The van der Waals surface area contributed by atoms with Gasteiger partial charge in [0.05, 0.1) is 17.5 Å². The minimum absolute atomic E-state index is 0.000596. The van der Waals surface area contributed by atoms with Crippen molar-refractivity contribution in [3.8, 4) is 11.5 Å². The molecule has 0 radical (unpaired) electrons.